The molecule has 0 fully saturated rings. The van der Waals surface area contributed by atoms with Crippen LogP contribution in [0.2, 0.25) is 0 Å². The van der Waals surface area contributed by atoms with Gasteiger partial charge in [0.05, 0.1) is 4.92 Å². The number of nitrogens with zero attached hydrogens (tertiary/aromatic N) is 1. The zero-order valence-corrected chi connectivity index (χ0v) is 28.3. The van der Waals surface area contributed by atoms with E-state index in [-0.39, 0.29) is 23.8 Å². The second-order valence-corrected chi connectivity index (χ2v) is 12.9. The fourth-order valence-corrected chi connectivity index (χ4v) is 4.97. The van der Waals surface area contributed by atoms with Crippen molar-refractivity contribution in [2.45, 2.75) is 161 Å². The van der Waals surface area contributed by atoms with Crippen molar-refractivity contribution >= 4 is 23.7 Å². The van der Waals surface area contributed by atoms with Crippen molar-refractivity contribution in [1.82, 2.24) is 10.6 Å². The highest BCUT2D eigenvalue weighted by molar-refractivity contribution is 5.83. The molecule has 2 N–H and O–H groups in total. The predicted octanol–water partition coefficient (Wildman–Crippen LogP) is 8.94. The van der Waals surface area contributed by atoms with Gasteiger partial charge in [-0.15, -0.1) is 0 Å². The van der Waals surface area contributed by atoms with Crippen molar-refractivity contribution in [3.05, 3.63) is 34.4 Å². The highest BCUT2D eigenvalue weighted by atomic mass is 16.6. The van der Waals surface area contributed by atoms with E-state index in [2.05, 4.69) is 17.6 Å². The number of ether oxygens (including phenoxy) is 2. The van der Waals surface area contributed by atoms with Crippen molar-refractivity contribution in [3.63, 3.8) is 0 Å². The molecule has 256 valence electrons. The third kappa shape index (κ3) is 22.1. The number of non-ortho nitro benzene ring substituents is 1. The first-order valence-corrected chi connectivity index (χ1v) is 17.2. The molecule has 0 saturated heterocycles. The summed E-state index contributed by atoms with van der Waals surface area (Å²) in [6, 6.07) is 4.15. The van der Waals surface area contributed by atoms with Crippen LogP contribution in [0.3, 0.4) is 0 Å². The lowest BCUT2D eigenvalue weighted by molar-refractivity contribution is -0.384. The van der Waals surface area contributed by atoms with Crippen LogP contribution in [-0.2, 0) is 14.3 Å². The Bertz CT molecular complexity index is 976. The third-order valence-corrected chi connectivity index (χ3v) is 7.49. The lowest BCUT2D eigenvalue weighted by Crippen LogP contribution is -2.45. The molecule has 0 saturated carbocycles. The number of nitro benzene ring substituents is 1. The largest absolute Gasteiger partial charge is 0.444 e. The zero-order valence-electron chi connectivity index (χ0n) is 28.3. The molecule has 0 heterocycles. The topological polar surface area (TPSA) is 137 Å². The molecule has 45 heavy (non-hydrogen) atoms. The molecule has 0 radical (unpaired) electrons. The van der Waals surface area contributed by atoms with Gasteiger partial charge in [-0.25, -0.2) is 9.59 Å². The number of benzene rings is 1. The van der Waals surface area contributed by atoms with E-state index >= 15 is 0 Å². The maximum atomic E-state index is 12.8. The van der Waals surface area contributed by atoms with Crippen molar-refractivity contribution < 1.29 is 28.8 Å². The molecule has 0 bridgehead atoms. The van der Waals surface area contributed by atoms with Crippen molar-refractivity contribution in [2.75, 3.05) is 6.54 Å². The molecule has 0 unspecified atom stereocenters. The van der Waals surface area contributed by atoms with Gasteiger partial charge in [-0.3, -0.25) is 14.9 Å². The minimum atomic E-state index is -0.980. The molecule has 1 rings (SSSR count). The number of unbranched alkanes of at least 4 members (excludes halogenated alkanes) is 15. The van der Waals surface area contributed by atoms with Crippen LogP contribution < -0.4 is 15.4 Å². The molecular formula is C35H59N3O7. The first-order chi connectivity index (χ1) is 21.5. The maximum absolute atomic E-state index is 12.8. The number of esters is 1. The molecule has 0 aliphatic rings. The second-order valence-electron chi connectivity index (χ2n) is 12.9. The number of hydrogen-bond donors (Lipinski definition) is 2. The molecule has 1 atom stereocenters. The summed E-state index contributed by atoms with van der Waals surface area (Å²) in [6.45, 7) is 7.90. The Kier molecular flexibility index (Phi) is 21.4. The summed E-state index contributed by atoms with van der Waals surface area (Å²) in [7, 11) is 0. The summed E-state index contributed by atoms with van der Waals surface area (Å²) < 4.78 is 10.6. The molecule has 0 aromatic heterocycles. The molecular weight excluding hydrogens is 574 g/mol. The van der Waals surface area contributed by atoms with Gasteiger partial charge in [-0.05, 0) is 58.6 Å². The number of nitrogens with one attached hydrogen (secondary N) is 2. The van der Waals surface area contributed by atoms with Gasteiger partial charge in [0, 0.05) is 25.1 Å². The molecule has 1 aromatic carbocycles. The Morgan fingerprint density at radius 1 is 0.778 bits per heavy atom. The maximum Gasteiger partial charge on any atom is 0.408 e. The lowest BCUT2D eigenvalue weighted by atomic mass is 10.0. The first-order valence-electron chi connectivity index (χ1n) is 17.2. The van der Waals surface area contributed by atoms with E-state index in [1.54, 1.807) is 20.8 Å². The number of hydrogen-bond acceptors (Lipinski definition) is 7. The number of carbonyl (C=O) groups is 3. The summed E-state index contributed by atoms with van der Waals surface area (Å²) in [4.78, 5) is 47.7. The second kappa shape index (κ2) is 24.1. The SMILES string of the molecule is CCCCCCCCCCCCCCCCCC(=O)NCCCC[C@H](NC(=O)OC(C)(C)C)C(=O)Oc1ccc([N+](=O)[O-])cc1. The van der Waals surface area contributed by atoms with Crippen LogP contribution in [0.25, 0.3) is 0 Å². The van der Waals surface area contributed by atoms with Gasteiger partial charge in [-0.2, -0.15) is 0 Å². The summed E-state index contributed by atoms with van der Waals surface area (Å²) in [5, 5.41) is 16.4. The van der Waals surface area contributed by atoms with Gasteiger partial charge in [0.2, 0.25) is 5.91 Å². The van der Waals surface area contributed by atoms with Crippen LogP contribution >= 0.6 is 0 Å². The molecule has 1 aromatic rings. The third-order valence-electron chi connectivity index (χ3n) is 7.49. The molecule has 2 amide bonds. The first kappa shape index (κ1) is 39.9. The average molecular weight is 634 g/mol. The fourth-order valence-electron chi connectivity index (χ4n) is 4.97. The Morgan fingerprint density at radius 2 is 1.29 bits per heavy atom. The summed E-state index contributed by atoms with van der Waals surface area (Å²) >= 11 is 0. The summed E-state index contributed by atoms with van der Waals surface area (Å²) in [5.74, 6) is -0.537. The summed E-state index contributed by atoms with van der Waals surface area (Å²) in [5.41, 5.74) is -0.867. The van der Waals surface area contributed by atoms with Crippen molar-refractivity contribution in [2.24, 2.45) is 0 Å². The van der Waals surface area contributed by atoms with E-state index < -0.39 is 28.6 Å². The molecule has 0 aliphatic heterocycles. The van der Waals surface area contributed by atoms with Gasteiger partial charge in [-0.1, -0.05) is 96.8 Å². The van der Waals surface area contributed by atoms with E-state index in [1.165, 1.54) is 108 Å². The Hall–Kier alpha value is -3.17. The Balaban J connectivity index is 2.22. The summed E-state index contributed by atoms with van der Waals surface area (Å²) in [6.07, 6.45) is 20.5. The van der Waals surface area contributed by atoms with Crippen LogP contribution in [-0.4, -0.2) is 41.1 Å². The van der Waals surface area contributed by atoms with Gasteiger partial charge in [0.1, 0.15) is 17.4 Å². The smallest absolute Gasteiger partial charge is 0.408 e. The van der Waals surface area contributed by atoms with E-state index in [1.807, 2.05) is 0 Å². The highest BCUT2D eigenvalue weighted by Crippen LogP contribution is 2.19. The number of alkyl carbamates (subject to hydrolysis) is 1. The van der Waals surface area contributed by atoms with Crippen LogP contribution in [0, 0.1) is 10.1 Å². The van der Waals surface area contributed by atoms with Gasteiger partial charge in [0.25, 0.3) is 5.69 Å². The standard InChI is InChI=1S/C35H59N3O7/c1-5-6-7-8-9-10-11-12-13-14-15-16-17-18-19-23-32(39)36-28-21-20-22-31(37-34(41)45-35(2,3)4)33(40)44-30-26-24-29(25-27-30)38(42)43/h24-27,31H,5-23,28H2,1-4H3,(H,36,39)(H,37,41)/t31-/m0/s1. The van der Waals surface area contributed by atoms with Crippen LogP contribution in [0.4, 0.5) is 10.5 Å². The molecule has 10 nitrogen and oxygen atoms in total. The van der Waals surface area contributed by atoms with Gasteiger partial charge in [0.15, 0.2) is 0 Å². The number of carbonyl (C=O) groups excluding carboxylic acids is 3. The van der Waals surface area contributed by atoms with Crippen LogP contribution in [0.5, 0.6) is 5.75 Å². The van der Waals surface area contributed by atoms with E-state index in [9.17, 15) is 24.5 Å². The quantitative estimate of drug-likeness (QED) is 0.0360. The number of nitro groups is 1. The highest BCUT2D eigenvalue weighted by Gasteiger charge is 2.26. The predicted molar refractivity (Wildman–Crippen MR) is 178 cm³/mol. The van der Waals surface area contributed by atoms with Crippen LogP contribution in [0.15, 0.2) is 24.3 Å². The average Bonchev–Trinajstić information content (AvgIpc) is 2.97. The Labute approximate surface area is 270 Å². The minimum absolute atomic E-state index is 0.0331. The molecule has 0 spiro atoms. The van der Waals surface area contributed by atoms with E-state index in [4.69, 9.17) is 9.47 Å². The van der Waals surface area contributed by atoms with Gasteiger partial charge >= 0.3 is 12.1 Å². The van der Waals surface area contributed by atoms with Crippen molar-refractivity contribution in [3.8, 4) is 5.75 Å². The Morgan fingerprint density at radius 3 is 1.78 bits per heavy atom. The lowest BCUT2D eigenvalue weighted by Gasteiger charge is -2.23. The number of amides is 2. The number of rotatable bonds is 25. The van der Waals surface area contributed by atoms with Crippen molar-refractivity contribution in [1.29, 1.82) is 0 Å². The normalized spacial score (nSPS) is 11.9. The zero-order chi connectivity index (χ0) is 33.3. The monoisotopic (exact) mass is 633 g/mol. The fraction of sp³-hybridized carbons (Fsp3) is 0.743. The minimum Gasteiger partial charge on any atom is -0.444 e. The van der Waals surface area contributed by atoms with Crippen LogP contribution in [0.1, 0.15) is 150 Å². The molecule has 0 aliphatic carbocycles. The van der Waals surface area contributed by atoms with E-state index in [0.717, 1.165) is 12.8 Å². The molecule has 10 heteroatoms. The van der Waals surface area contributed by atoms with E-state index in [0.29, 0.717) is 25.8 Å². The van der Waals surface area contributed by atoms with Gasteiger partial charge < -0.3 is 20.1 Å².